The van der Waals surface area contributed by atoms with Gasteiger partial charge in [-0.3, -0.25) is 9.59 Å². The normalized spacial score (nSPS) is 11.1. The Morgan fingerprint density at radius 1 is 1.08 bits per heavy atom. The van der Waals surface area contributed by atoms with Crippen LogP contribution in [0.2, 0.25) is 5.02 Å². The zero-order valence-electron chi connectivity index (χ0n) is 13.6. The predicted molar refractivity (Wildman–Crippen MR) is 94.9 cm³/mol. The van der Waals surface area contributed by atoms with E-state index in [2.05, 4.69) is 15.8 Å². The van der Waals surface area contributed by atoms with Crippen molar-refractivity contribution in [1.82, 2.24) is 10.7 Å². The number of halogens is 2. The summed E-state index contributed by atoms with van der Waals surface area (Å²) < 4.78 is 12.8. The van der Waals surface area contributed by atoms with Gasteiger partial charge in [0.25, 0.3) is 5.91 Å². The lowest BCUT2D eigenvalue weighted by molar-refractivity contribution is -0.120. The fourth-order valence-electron chi connectivity index (χ4n) is 1.95. The first kappa shape index (κ1) is 18.6. The van der Waals surface area contributed by atoms with Crippen molar-refractivity contribution in [3.8, 4) is 0 Å². The molecule has 2 aromatic carbocycles. The molecule has 0 saturated carbocycles. The molecule has 0 aliphatic heterocycles. The highest BCUT2D eigenvalue weighted by atomic mass is 35.5. The Hall–Kier alpha value is -2.73. The Balaban J connectivity index is 1.79. The molecule has 0 heterocycles. The Kier molecular flexibility index (Phi) is 6.65. The molecule has 7 heteroatoms. The van der Waals surface area contributed by atoms with Crippen LogP contribution in [0.3, 0.4) is 0 Å². The third-order valence-corrected chi connectivity index (χ3v) is 3.53. The average molecular weight is 362 g/mol. The number of carbonyl (C=O) groups excluding carboxylic acids is 2. The molecule has 2 N–H and O–H groups in total. The highest BCUT2D eigenvalue weighted by Gasteiger charge is 2.07. The number of carbonyl (C=O) groups is 2. The molecule has 130 valence electrons. The minimum atomic E-state index is -0.471. The fourth-order valence-corrected chi connectivity index (χ4v) is 2.08. The zero-order chi connectivity index (χ0) is 18.2. The number of amides is 2. The molecule has 0 aliphatic rings. The first-order valence-electron chi connectivity index (χ1n) is 7.54. The number of nitrogens with zero attached hydrogens (tertiary/aromatic N) is 1. The van der Waals surface area contributed by atoms with Crippen molar-refractivity contribution in [2.45, 2.75) is 19.9 Å². The highest BCUT2D eigenvalue weighted by molar-refractivity contribution is 6.30. The van der Waals surface area contributed by atoms with E-state index >= 15 is 0 Å². The van der Waals surface area contributed by atoms with Crippen LogP contribution in [-0.2, 0) is 11.3 Å². The summed E-state index contributed by atoms with van der Waals surface area (Å²) in [7, 11) is 0. The van der Waals surface area contributed by atoms with Gasteiger partial charge < -0.3 is 5.32 Å². The van der Waals surface area contributed by atoms with Gasteiger partial charge >= 0.3 is 0 Å². The van der Waals surface area contributed by atoms with E-state index in [-0.39, 0.29) is 17.9 Å². The summed E-state index contributed by atoms with van der Waals surface area (Å²) in [5.41, 5.74) is 3.99. The van der Waals surface area contributed by atoms with Crippen LogP contribution in [0.4, 0.5) is 4.39 Å². The second-order valence-corrected chi connectivity index (χ2v) is 5.81. The first-order valence-corrected chi connectivity index (χ1v) is 7.92. The number of hydrazone groups is 1. The van der Waals surface area contributed by atoms with Gasteiger partial charge in [-0.25, -0.2) is 9.82 Å². The van der Waals surface area contributed by atoms with Crippen LogP contribution in [0.25, 0.3) is 0 Å². The van der Waals surface area contributed by atoms with Crippen LogP contribution in [0.5, 0.6) is 0 Å². The molecule has 0 atom stereocenters. The number of rotatable bonds is 6. The third-order valence-electron chi connectivity index (χ3n) is 3.27. The number of benzene rings is 2. The molecular weight excluding hydrogens is 345 g/mol. The SMILES string of the molecule is C/C(CC(=O)NCc1ccc(Cl)cc1)=N\NC(=O)c1ccc(F)cc1. The summed E-state index contributed by atoms with van der Waals surface area (Å²) in [6.07, 6.45) is 0.0529. The van der Waals surface area contributed by atoms with E-state index in [0.717, 1.165) is 5.56 Å². The summed E-state index contributed by atoms with van der Waals surface area (Å²) in [6, 6.07) is 12.2. The van der Waals surface area contributed by atoms with Gasteiger partial charge in [-0.1, -0.05) is 23.7 Å². The van der Waals surface area contributed by atoms with Crippen LogP contribution in [0.1, 0.15) is 29.3 Å². The number of hydrogen-bond donors (Lipinski definition) is 2. The second-order valence-electron chi connectivity index (χ2n) is 5.37. The molecule has 0 spiro atoms. The Morgan fingerprint density at radius 2 is 1.72 bits per heavy atom. The average Bonchev–Trinajstić information content (AvgIpc) is 2.60. The maximum absolute atomic E-state index is 12.8. The molecule has 2 amide bonds. The monoisotopic (exact) mass is 361 g/mol. The van der Waals surface area contributed by atoms with Gasteiger partial charge in [-0.15, -0.1) is 0 Å². The van der Waals surface area contributed by atoms with Gasteiger partial charge in [0, 0.05) is 22.8 Å². The maximum Gasteiger partial charge on any atom is 0.271 e. The minimum Gasteiger partial charge on any atom is -0.352 e. The van der Waals surface area contributed by atoms with Crippen molar-refractivity contribution in [3.05, 3.63) is 70.5 Å². The third kappa shape index (κ3) is 6.35. The van der Waals surface area contributed by atoms with Gasteiger partial charge in [-0.05, 0) is 48.9 Å². The van der Waals surface area contributed by atoms with Gasteiger partial charge in [0.15, 0.2) is 0 Å². The zero-order valence-corrected chi connectivity index (χ0v) is 14.3. The molecule has 0 radical (unpaired) electrons. The van der Waals surface area contributed by atoms with Crippen molar-refractivity contribution in [2.24, 2.45) is 5.10 Å². The molecule has 0 unspecified atom stereocenters. The van der Waals surface area contributed by atoms with Crippen molar-refractivity contribution in [1.29, 1.82) is 0 Å². The largest absolute Gasteiger partial charge is 0.352 e. The van der Waals surface area contributed by atoms with E-state index in [1.807, 2.05) is 12.1 Å². The maximum atomic E-state index is 12.8. The van der Waals surface area contributed by atoms with Crippen LogP contribution >= 0.6 is 11.6 Å². The standard InChI is InChI=1S/C18H17ClFN3O2/c1-12(22-23-18(25)14-4-8-16(20)9-5-14)10-17(24)21-11-13-2-6-15(19)7-3-13/h2-9H,10-11H2,1H3,(H,21,24)(H,23,25)/b22-12+. The molecule has 0 fully saturated rings. The summed E-state index contributed by atoms with van der Waals surface area (Å²) in [6.45, 7) is 2.01. The van der Waals surface area contributed by atoms with Crippen molar-refractivity contribution in [2.75, 3.05) is 0 Å². The van der Waals surface area contributed by atoms with E-state index in [0.29, 0.717) is 17.3 Å². The van der Waals surface area contributed by atoms with E-state index in [1.165, 1.54) is 24.3 Å². The molecule has 0 saturated heterocycles. The van der Waals surface area contributed by atoms with Gasteiger partial charge in [0.1, 0.15) is 5.82 Å². The number of nitrogens with one attached hydrogen (secondary N) is 2. The lowest BCUT2D eigenvalue weighted by atomic mass is 10.2. The Morgan fingerprint density at radius 3 is 2.36 bits per heavy atom. The van der Waals surface area contributed by atoms with Gasteiger partial charge in [0.05, 0.1) is 6.42 Å². The summed E-state index contributed by atoms with van der Waals surface area (Å²) in [5.74, 6) is -1.11. The smallest absolute Gasteiger partial charge is 0.271 e. The molecular formula is C18H17ClFN3O2. The molecule has 0 bridgehead atoms. The van der Waals surface area contributed by atoms with E-state index in [9.17, 15) is 14.0 Å². The van der Waals surface area contributed by atoms with E-state index in [1.54, 1.807) is 19.1 Å². The van der Waals surface area contributed by atoms with Gasteiger partial charge in [0.2, 0.25) is 5.91 Å². The van der Waals surface area contributed by atoms with Crippen LogP contribution in [-0.4, -0.2) is 17.5 Å². The summed E-state index contributed by atoms with van der Waals surface area (Å²) in [4.78, 5) is 23.7. The fraction of sp³-hybridized carbons (Fsp3) is 0.167. The van der Waals surface area contributed by atoms with Crippen molar-refractivity contribution in [3.63, 3.8) is 0 Å². The lowest BCUT2D eigenvalue weighted by Gasteiger charge is -2.06. The minimum absolute atomic E-state index is 0.0529. The molecule has 0 aliphatic carbocycles. The molecule has 25 heavy (non-hydrogen) atoms. The van der Waals surface area contributed by atoms with Gasteiger partial charge in [-0.2, -0.15) is 5.10 Å². The summed E-state index contributed by atoms with van der Waals surface area (Å²) >= 11 is 5.80. The van der Waals surface area contributed by atoms with E-state index in [4.69, 9.17) is 11.6 Å². The molecule has 2 aromatic rings. The molecule has 2 rings (SSSR count). The van der Waals surface area contributed by atoms with Crippen molar-refractivity contribution < 1.29 is 14.0 Å². The second kappa shape index (κ2) is 8.94. The van der Waals surface area contributed by atoms with Crippen LogP contribution in [0.15, 0.2) is 53.6 Å². The number of hydrogen-bond acceptors (Lipinski definition) is 3. The van der Waals surface area contributed by atoms with Crippen molar-refractivity contribution >= 4 is 29.1 Å². The van der Waals surface area contributed by atoms with Crippen LogP contribution < -0.4 is 10.7 Å². The first-order chi connectivity index (χ1) is 11.9. The topological polar surface area (TPSA) is 70.6 Å². The molecule has 0 aromatic heterocycles. The van der Waals surface area contributed by atoms with E-state index < -0.39 is 11.7 Å². The Labute approximate surface area is 149 Å². The van der Waals surface area contributed by atoms with Crippen LogP contribution in [0, 0.1) is 5.82 Å². The quantitative estimate of drug-likeness (QED) is 0.612. The molecule has 5 nitrogen and oxygen atoms in total. The highest BCUT2D eigenvalue weighted by Crippen LogP contribution is 2.09. The Bertz CT molecular complexity index is 774. The summed E-state index contributed by atoms with van der Waals surface area (Å²) in [5, 5.41) is 7.27. The predicted octanol–water partition coefficient (Wildman–Crippen LogP) is 3.29. The lowest BCUT2D eigenvalue weighted by Crippen LogP contribution is -2.26.